The van der Waals surface area contributed by atoms with Gasteiger partial charge in [-0.2, -0.15) is 0 Å². The Labute approximate surface area is 179 Å². The fourth-order valence-corrected chi connectivity index (χ4v) is 4.02. The van der Waals surface area contributed by atoms with E-state index in [0.29, 0.717) is 18.8 Å². The second-order valence-electron chi connectivity index (χ2n) is 7.37. The number of nitrogens with one attached hydrogen (secondary N) is 1. The van der Waals surface area contributed by atoms with Crippen molar-refractivity contribution in [2.45, 2.75) is 19.1 Å². The van der Waals surface area contributed by atoms with Gasteiger partial charge in [-0.05, 0) is 36.6 Å². The Kier molecular flexibility index (Phi) is 6.03. The zero-order valence-electron chi connectivity index (χ0n) is 16.9. The van der Waals surface area contributed by atoms with Crippen molar-refractivity contribution in [1.29, 1.82) is 0 Å². The van der Waals surface area contributed by atoms with Crippen LogP contribution in [0.1, 0.15) is 12.5 Å². The summed E-state index contributed by atoms with van der Waals surface area (Å²) in [5.41, 5.74) is 2.51. The number of ether oxygens (including phenoxy) is 2. The molecule has 0 fully saturated rings. The van der Waals surface area contributed by atoms with Crippen molar-refractivity contribution in [3.63, 3.8) is 0 Å². The summed E-state index contributed by atoms with van der Waals surface area (Å²) in [6, 6.07) is 17.4. The van der Waals surface area contributed by atoms with E-state index in [1.165, 1.54) is 0 Å². The zero-order valence-corrected chi connectivity index (χ0v) is 17.7. The first-order valence-electron chi connectivity index (χ1n) is 9.67. The molecule has 4 aromatic rings. The molecule has 30 heavy (non-hydrogen) atoms. The van der Waals surface area contributed by atoms with Gasteiger partial charge in [0, 0.05) is 24.2 Å². The van der Waals surface area contributed by atoms with Crippen LogP contribution < -0.4 is 14.8 Å². The lowest BCUT2D eigenvalue weighted by molar-refractivity contribution is 0.0120. The standard InChI is InChI=1S/C23H24N2O4S/c1-23(26,14-24-13-17-6-3-4-9-19(17)27-2)15-28-18-8-5-7-16(12-18)21-22-20(29-25-21)10-11-30-22/h3-12,24,26H,13-15H2,1-2H3/t23-/m0/s1. The van der Waals surface area contributed by atoms with E-state index >= 15 is 0 Å². The van der Waals surface area contributed by atoms with Crippen molar-refractivity contribution < 1.29 is 19.1 Å². The van der Waals surface area contributed by atoms with Crippen LogP contribution in [0.3, 0.4) is 0 Å². The van der Waals surface area contributed by atoms with Crippen LogP contribution in [-0.2, 0) is 6.54 Å². The smallest absolute Gasteiger partial charge is 0.178 e. The number of fused-ring (bicyclic) bond motifs is 1. The lowest BCUT2D eigenvalue weighted by Crippen LogP contribution is -2.42. The molecule has 2 aromatic carbocycles. The SMILES string of the molecule is COc1ccccc1CNC[C@](C)(O)COc1cccc(-c2noc3ccsc23)c1. The van der Waals surface area contributed by atoms with E-state index < -0.39 is 5.60 Å². The first-order valence-corrected chi connectivity index (χ1v) is 10.5. The van der Waals surface area contributed by atoms with Crippen LogP contribution in [0.25, 0.3) is 21.5 Å². The van der Waals surface area contributed by atoms with Crippen LogP contribution in [0.5, 0.6) is 11.5 Å². The van der Waals surface area contributed by atoms with Gasteiger partial charge in [0.1, 0.15) is 34.1 Å². The van der Waals surface area contributed by atoms with Gasteiger partial charge in [-0.25, -0.2) is 0 Å². The van der Waals surface area contributed by atoms with Gasteiger partial charge in [0.15, 0.2) is 5.58 Å². The maximum atomic E-state index is 10.7. The van der Waals surface area contributed by atoms with Gasteiger partial charge >= 0.3 is 0 Å². The molecule has 0 aliphatic rings. The second-order valence-corrected chi connectivity index (χ2v) is 8.29. The molecule has 1 atom stereocenters. The normalized spacial score (nSPS) is 13.3. The van der Waals surface area contributed by atoms with Crippen LogP contribution >= 0.6 is 11.3 Å². The molecule has 0 spiro atoms. The van der Waals surface area contributed by atoms with Crippen molar-refractivity contribution in [2.24, 2.45) is 0 Å². The van der Waals surface area contributed by atoms with Crippen LogP contribution in [0, 0.1) is 0 Å². The molecule has 156 valence electrons. The lowest BCUT2D eigenvalue weighted by Gasteiger charge is -2.24. The monoisotopic (exact) mass is 424 g/mol. The number of nitrogens with zero attached hydrogens (tertiary/aromatic N) is 1. The molecule has 2 aromatic heterocycles. The first-order chi connectivity index (χ1) is 14.6. The molecule has 0 amide bonds. The third-order valence-electron chi connectivity index (χ3n) is 4.75. The minimum absolute atomic E-state index is 0.155. The average molecular weight is 425 g/mol. The highest BCUT2D eigenvalue weighted by molar-refractivity contribution is 7.17. The van der Waals surface area contributed by atoms with Gasteiger partial charge < -0.3 is 24.4 Å². The number of aromatic nitrogens is 1. The summed E-state index contributed by atoms with van der Waals surface area (Å²) < 4.78 is 17.6. The average Bonchev–Trinajstić information content (AvgIpc) is 3.37. The van der Waals surface area contributed by atoms with Crippen LogP contribution in [0.2, 0.25) is 0 Å². The highest BCUT2D eigenvalue weighted by atomic mass is 32.1. The molecular formula is C23H24N2O4S. The second kappa shape index (κ2) is 8.87. The molecule has 0 saturated carbocycles. The molecule has 2 heterocycles. The molecule has 2 N–H and O–H groups in total. The molecule has 0 aliphatic heterocycles. The van der Waals surface area contributed by atoms with Gasteiger partial charge in [0.25, 0.3) is 0 Å². The third-order valence-corrected chi connectivity index (χ3v) is 5.65. The summed E-state index contributed by atoms with van der Waals surface area (Å²) in [6.07, 6.45) is 0. The minimum Gasteiger partial charge on any atom is -0.496 e. The Balaban J connectivity index is 1.35. The number of methoxy groups -OCH3 is 1. The molecule has 0 unspecified atom stereocenters. The van der Waals surface area contributed by atoms with E-state index in [4.69, 9.17) is 14.0 Å². The van der Waals surface area contributed by atoms with Crippen molar-refractivity contribution in [3.8, 4) is 22.8 Å². The zero-order chi connectivity index (χ0) is 21.0. The first kappa shape index (κ1) is 20.4. The molecule has 0 saturated heterocycles. The lowest BCUT2D eigenvalue weighted by atomic mass is 10.1. The number of hydrogen-bond donors (Lipinski definition) is 2. The molecule has 4 rings (SSSR count). The molecular weight excluding hydrogens is 400 g/mol. The minimum atomic E-state index is -1.03. The van der Waals surface area contributed by atoms with E-state index in [1.54, 1.807) is 25.4 Å². The van der Waals surface area contributed by atoms with Gasteiger partial charge in [-0.1, -0.05) is 35.5 Å². The highest BCUT2D eigenvalue weighted by Crippen LogP contribution is 2.33. The summed E-state index contributed by atoms with van der Waals surface area (Å²) in [5.74, 6) is 1.50. The highest BCUT2D eigenvalue weighted by Gasteiger charge is 2.21. The van der Waals surface area contributed by atoms with E-state index in [-0.39, 0.29) is 6.61 Å². The number of hydrogen-bond acceptors (Lipinski definition) is 7. The predicted octanol–water partition coefficient (Wildman–Crippen LogP) is 4.48. The van der Waals surface area contributed by atoms with Gasteiger partial charge in [-0.3, -0.25) is 0 Å². The quantitative estimate of drug-likeness (QED) is 0.412. The van der Waals surface area contributed by atoms with E-state index in [9.17, 15) is 5.11 Å². The topological polar surface area (TPSA) is 76.8 Å². The van der Waals surface area contributed by atoms with Gasteiger partial charge in [0.05, 0.1) is 7.11 Å². The Morgan fingerprint density at radius 3 is 2.90 bits per heavy atom. The maximum Gasteiger partial charge on any atom is 0.178 e. The number of thiophene rings is 1. The molecule has 0 aliphatic carbocycles. The predicted molar refractivity (Wildman–Crippen MR) is 118 cm³/mol. The Morgan fingerprint density at radius 2 is 2.03 bits per heavy atom. The number of benzene rings is 2. The third kappa shape index (κ3) is 4.64. The largest absolute Gasteiger partial charge is 0.496 e. The van der Waals surface area contributed by atoms with Crippen molar-refractivity contribution in [2.75, 3.05) is 20.3 Å². The Bertz CT molecular complexity index is 1120. The van der Waals surface area contributed by atoms with E-state index in [2.05, 4.69) is 10.5 Å². The molecule has 0 radical (unpaired) electrons. The van der Waals surface area contributed by atoms with Gasteiger partial charge in [-0.15, -0.1) is 11.3 Å². The van der Waals surface area contributed by atoms with E-state index in [0.717, 1.165) is 32.9 Å². The van der Waals surface area contributed by atoms with Crippen molar-refractivity contribution in [3.05, 3.63) is 65.5 Å². The summed E-state index contributed by atoms with van der Waals surface area (Å²) in [7, 11) is 1.65. The van der Waals surface area contributed by atoms with Crippen molar-refractivity contribution >= 4 is 21.6 Å². The fraction of sp³-hybridized carbons (Fsp3) is 0.261. The molecule has 6 nitrogen and oxygen atoms in total. The summed E-state index contributed by atoms with van der Waals surface area (Å²) in [5, 5.41) is 20.1. The summed E-state index contributed by atoms with van der Waals surface area (Å²) >= 11 is 1.59. The van der Waals surface area contributed by atoms with Gasteiger partial charge in [0.2, 0.25) is 0 Å². The molecule has 7 heteroatoms. The number of para-hydroxylation sites is 1. The van der Waals surface area contributed by atoms with Crippen LogP contribution in [0.15, 0.2) is 64.5 Å². The van der Waals surface area contributed by atoms with Crippen LogP contribution in [0.4, 0.5) is 0 Å². The number of rotatable bonds is 9. The van der Waals surface area contributed by atoms with Crippen molar-refractivity contribution in [1.82, 2.24) is 10.5 Å². The summed E-state index contributed by atoms with van der Waals surface area (Å²) in [4.78, 5) is 0. The Morgan fingerprint density at radius 1 is 1.17 bits per heavy atom. The number of aliphatic hydroxyl groups is 1. The van der Waals surface area contributed by atoms with E-state index in [1.807, 2.05) is 60.0 Å². The Hall–Kier alpha value is -2.87. The summed E-state index contributed by atoms with van der Waals surface area (Å²) in [6.45, 7) is 2.88. The maximum absolute atomic E-state index is 10.7. The fourth-order valence-electron chi connectivity index (χ4n) is 3.20. The van der Waals surface area contributed by atoms with Crippen LogP contribution in [-0.4, -0.2) is 36.1 Å². The molecule has 0 bridgehead atoms.